The normalized spacial score (nSPS) is 10.3. The molecule has 0 aliphatic carbocycles. The van der Waals surface area contributed by atoms with Gasteiger partial charge in [0.05, 0.1) is 14.2 Å². The monoisotopic (exact) mass is 258 g/mol. The van der Waals surface area contributed by atoms with Gasteiger partial charge in [0.1, 0.15) is 0 Å². The summed E-state index contributed by atoms with van der Waals surface area (Å²) in [6.45, 7) is 0.569. The smallest absolute Gasteiger partial charge is 0.163 e. The quantitative estimate of drug-likeness (QED) is 0.893. The molecule has 19 heavy (non-hydrogen) atoms. The summed E-state index contributed by atoms with van der Waals surface area (Å²) in [5.74, 6) is 1.48. The molecule has 0 spiro atoms. The van der Waals surface area contributed by atoms with Gasteiger partial charge in [0.25, 0.3) is 0 Å². The minimum Gasteiger partial charge on any atom is -0.493 e. The van der Waals surface area contributed by atoms with Gasteiger partial charge in [0.15, 0.2) is 11.5 Å². The van der Waals surface area contributed by atoms with Crippen LogP contribution in [0.3, 0.4) is 0 Å². The SMILES string of the molecule is COc1cc(-c2ccncc2)cc(CCN)c1OC. The molecular weight excluding hydrogens is 240 g/mol. The lowest BCUT2D eigenvalue weighted by molar-refractivity contribution is 0.352. The highest BCUT2D eigenvalue weighted by molar-refractivity contribution is 5.69. The summed E-state index contributed by atoms with van der Waals surface area (Å²) < 4.78 is 10.8. The Hall–Kier alpha value is -2.07. The summed E-state index contributed by atoms with van der Waals surface area (Å²) in [4.78, 5) is 4.03. The molecule has 1 aromatic carbocycles. The van der Waals surface area contributed by atoms with Gasteiger partial charge in [0.2, 0.25) is 0 Å². The molecule has 2 rings (SSSR count). The van der Waals surface area contributed by atoms with Gasteiger partial charge in [-0.15, -0.1) is 0 Å². The molecule has 4 heteroatoms. The van der Waals surface area contributed by atoms with Crippen molar-refractivity contribution in [1.29, 1.82) is 0 Å². The van der Waals surface area contributed by atoms with Crippen molar-refractivity contribution in [3.63, 3.8) is 0 Å². The van der Waals surface area contributed by atoms with Gasteiger partial charge in [-0.3, -0.25) is 4.98 Å². The molecule has 2 N–H and O–H groups in total. The van der Waals surface area contributed by atoms with Gasteiger partial charge in [-0.2, -0.15) is 0 Å². The lowest BCUT2D eigenvalue weighted by atomic mass is 10.0. The summed E-state index contributed by atoms with van der Waals surface area (Å²) in [6, 6.07) is 7.98. The molecule has 0 saturated carbocycles. The molecular formula is C15H18N2O2. The Morgan fingerprint density at radius 2 is 1.79 bits per heavy atom. The zero-order valence-electron chi connectivity index (χ0n) is 11.2. The van der Waals surface area contributed by atoms with Gasteiger partial charge in [-0.05, 0) is 53.9 Å². The Kier molecular flexibility index (Phi) is 4.36. The average molecular weight is 258 g/mol. The standard InChI is InChI=1S/C15H18N2O2/c1-18-14-10-13(11-4-7-17-8-5-11)9-12(3-6-16)15(14)19-2/h4-5,7-10H,3,6,16H2,1-2H3. The first-order valence-corrected chi connectivity index (χ1v) is 6.15. The van der Waals surface area contributed by atoms with Crippen LogP contribution in [0, 0.1) is 0 Å². The van der Waals surface area contributed by atoms with Crippen LogP contribution in [0.5, 0.6) is 11.5 Å². The van der Waals surface area contributed by atoms with Gasteiger partial charge in [0, 0.05) is 12.4 Å². The number of pyridine rings is 1. The van der Waals surface area contributed by atoms with Crippen molar-refractivity contribution in [3.8, 4) is 22.6 Å². The molecule has 1 aromatic heterocycles. The van der Waals surface area contributed by atoms with Crippen molar-refractivity contribution in [2.75, 3.05) is 20.8 Å². The summed E-state index contributed by atoms with van der Waals surface area (Å²) in [5, 5.41) is 0. The topological polar surface area (TPSA) is 57.4 Å². The Bertz CT molecular complexity index is 541. The number of ether oxygens (including phenoxy) is 2. The Balaban J connectivity index is 2.54. The van der Waals surface area contributed by atoms with E-state index in [4.69, 9.17) is 15.2 Å². The molecule has 0 atom stereocenters. The van der Waals surface area contributed by atoms with Crippen LogP contribution in [0.4, 0.5) is 0 Å². The van der Waals surface area contributed by atoms with Crippen LogP contribution in [0.2, 0.25) is 0 Å². The highest BCUT2D eigenvalue weighted by Crippen LogP contribution is 2.36. The highest BCUT2D eigenvalue weighted by atomic mass is 16.5. The first kappa shape index (κ1) is 13.4. The summed E-state index contributed by atoms with van der Waals surface area (Å²) in [5.41, 5.74) is 8.87. The molecule has 2 aromatic rings. The minimum absolute atomic E-state index is 0.569. The zero-order valence-corrected chi connectivity index (χ0v) is 11.2. The van der Waals surface area contributed by atoms with Crippen molar-refractivity contribution < 1.29 is 9.47 Å². The number of benzene rings is 1. The number of aromatic nitrogens is 1. The molecule has 1 heterocycles. The van der Waals surface area contributed by atoms with Crippen molar-refractivity contribution in [2.24, 2.45) is 5.73 Å². The van der Waals surface area contributed by atoms with Crippen LogP contribution >= 0.6 is 0 Å². The van der Waals surface area contributed by atoms with E-state index in [1.807, 2.05) is 18.2 Å². The second-order valence-electron chi connectivity index (χ2n) is 4.15. The van der Waals surface area contributed by atoms with Gasteiger partial charge in [-0.1, -0.05) is 0 Å². The van der Waals surface area contributed by atoms with Crippen LogP contribution in [0.1, 0.15) is 5.56 Å². The Morgan fingerprint density at radius 3 is 2.37 bits per heavy atom. The van der Waals surface area contributed by atoms with Gasteiger partial charge >= 0.3 is 0 Å². The second kappa shape index (κ2) is 6.20. The Labute approximate surface area is 113 Å². The maximum atomic E-state index is 5.66. The predicted octanol–water partition coefficient (Wildman–Crippen LogP) is 2.27. The van der Waals surface area contributed by atoms with E-state index in [1.54, 1.807) is 26.6 Å². The van der Waals surface area contributed by atoms with Gasteiger partial charge < -0.3 is 15.2 Å². The molecule has 100 valence electrons. The molecule has 0 aliphatic rings. The van der Waals surface area contributed by atoms with E-state index in [1.165, 1.54) is 0 Å². The minimum atomic E-state index is 0.569. The molecule has 0 unspecified atom stereocenters. The summed E-state index contributed by atoms with van der Waals surface area (Å²) in [7, 11) is 3.28. The van der Waals surface area contributed by atoms with E-state index in [-0.39, 0.29) is 0 Å². The highest BCUT2D eigenvalue weighted by Gasteiger charge is 2.12. The van der Waals surface area contributed by atoms with Crippen LogP contribution < -0.4 is 15.2 Å². The Morgan fingerprint density at radius 1 is 1.05 bits per heavy atom. The van der Waals surface area contributed by atoms with Crippen molar-refractivity contribution in [1.82, 2.24) is 4.98 Å². The fraction of sp³-hybridized carbons (Fsp3) is 0.267. The van der Waals surface area contributed by atoms with Crippen LogP contribution in [0.15, 0.2) is 36.7 Å². The number of methoxy groups -OCH3 is 2. The third-order valence-electron chi connectivity index (χ3n) is 2.98. The van der Waals surface area contributed by atoms with Crippen LogP contribution in [0.25, 0.3) is 11.1 Å². The molecule has 0 amide bonds. The lowest BCUT2D eigenvalue weighted by Crippen LogP contribution is -2.05. The van der Waals surface area contributed by atoms with Crippen LogP contribution in [-0.2, 0) is 6.42 Å². The first-order valence-electron chi connectivity index (χ1n) is 6.15. The van der Waals surface area contributed by atoms with E-state index < -0.39 is 0 Å². The average Bonchev–Trinajstić information content (AvgIpc) is 2.47. The molecule has 0 fully saturated rings. The maximum Gasteiger partial charge on any atom is 0.163 e. The third-order valence-corrected chi connectivity index (χ3v) is 2.98. The lowest BCUT2D eigenvalue weighted by Gasteiger charge is -2.15. The molecule has 0 aliphatic heterocycles. The number of nitrogens with zero attached hydrogens (tertiary/aromatic N) is 1. The van der Waals surface area contributed by atoms with Crippen molar-refractivity contribution in [2.45, 2.75) is 6.42 Å². The van der Waals surface area contributed by atoms with Gasteiger partial charge in [-0.25, -0.2) is 0 Å². The van der Waals surface area contributed by atoms with E-state index >= 15 is 0 Å². The molecule has 4 nitrogen and oxygen atoms in total. The van der Waals surface area contributed by atoms with Crippen LogP contribution in [-0.4, -0.2) is 25.7 Å². The number of hydrogen-bond donors (Lipinski definition) is 1. The maximum absolute atomic E-state index is 5.66. The molecule has 0 radical (unpaired) electrons. The fourth-order valence-corrected chi connectivity index (χ4v) is 2.10. The molecule has 0 saturated heterocycles. The third kappa shape index (κ3) is 2.85. The van der Waals surface area contributed by atoms with E-state index in [0.717, 1.165) is 34.6 Å². The molecule has 0 bridgehead atoms. The fourth-order valence-electron chi connectivity index (χ4n) is 2.10. The van der Waals surface area contributed by atoms with E-state index in [0.29, 0.717) is 6.54 Å². The first-order chi connectivity index (χ1) is 9.30. The zero-order chi connectivity index (χ0) is 13.7. The van der Waals surface area contributed by atoms with E-state index in [2.05, 4.69) is 11.1 Å². The second-order valence-corrected chi connectivity index (χ2v) is 4.15. The van der Waals surface area contributed by atoms with E-state index in [9.17, 15) is 0 Å². The van der Waals surface area contributed by atoms with Crippen molar-refractivity contribution >= 4 is 0 Å². The summed E-state index contributed by atoms with van der Waals surface area (Å²) in [6.07, 6.45) is 4.29. The predicted molar refractivity (Wildman–Crippen MR) is 75.5 cm³/mol. The number of hydrogen-bond acceptors (Lipinski definition) is 4. The summed E-state index contributed by atoms with van der Waals surface area (Å²) >= 11 is 0. The number of nitrogens with two attached hydrogens (primary N) is 1. The largest absolute Gasteiger partial charge is 0.493 e. The van der Waals surface area contributed by atoms with Crippen molar-refractivity contribution in [3.05, 3.63) is 42.2 Å². The number of rotatable bonds is 5.